The second-order valence-corrected chi connectivity index (χ2v) is 9.77. The number of carbonyl (C=O) groups excluding carboxylic acids is 1. The van der Waals surface area contributed by atoms with Crippen LogP contribution >= 0.6 is 23.2 Å². The Bertz CT molecular complexity index is 1080. The van der Waals surface area contributed by atoms with Gasteiger partial charge < -0.3 is 10.2 Å². The van der Waals surface area contributed by atoms with Gasteiger partial charge in [-0.3, -0.25) is 4.79 Å². The summed E-state index contributed by atoms with van der Waals surface area (Å²) in [6, 6.07) is 13.3. The fourth-order valence-corrected chi connectivity index (χ4v) is 4.92. The van der Waals surface area contributed by atoms with Gasteiger partial charge in [0.15, 0.2) is 0 Å². The van der Waals surface area contributed by atoms with Crippen molar-refractivity contribution in [2.45, 2.75) is 58.5 Å². The van der Waals surface area contributed by atoms with Crippen LogP contribution in [0.1, 0.15) is 58.1 Å². The van der Waals surface area contributed by atoms with Crippen molar-refractivity contribution in [1.29, 1.82) is 5.26 Å². The Morgan fingerprint density at radius 1 is 1.23 bits per heavy atom. The maximum Gasteiger partial charge on any atom is 0.266 e. The fourth-order valence-electron chi connectivity index (χ4n) is 4.63. The quantitative estimate of drug-likeness (QED) is 0.397. The van der Waals surface area contributed by atoms with Crippen molar-refractivity contribution in [3.8, 4) is 6.07 Å². The van der Waals surface area contributed by atoms with Gasteiger partial charge in [0, 0.05) is 23.0 Å². The Balaban J connectivity index is 1.91. The number of anilines is 2. The van der Waals surface area contributed by atoms with E-state index in [9.17, 15) is 10.1 Å². The van der Waals surface area contributed by atoms with E-state index in [1.165, 1.54) is 11.3 Å². The zero-order chi connectivity index (χ0) is 22.9. The normalized spacial score (nSPS) is 17.8. The van der Waals surface area contributed by atoms with Crippen molar-refractivity contribution in [3.63, 3.8) is 0 Å². The van der Waals surface area contributed by atoms with Crippen LogP contribution in [0.5, 0.6) is 0 Å². The molecule has 0 saturated carbocycles. The average Bonchev–Trinajstić information content (AvgIpc) is 2.68. The van der Waals surface area contributed by atoms with Crippen LogP contribution in [0.4, 0.5) is 11.4 Å². The third-order valence-corrected chi connectivity index (χ3v) is 6.41. The monoisotopic (exact) mass is 455 g/mol. The van der Waals surface area contributed by atoms with E-state index in [1.807, 2.05) is 12.1 Å². The van der Waals surface area contributed by atoms with Crippen molar-refractivity contribution in [1.82, 2.24) is 0 Å². The summed E-state index contributed by atoms with van der Waals surface area (Å²) >= 11 is 11.9. The summed E-state index contributed by atoms with van der Waals surface area (Å²) in [7, 11) is 0. The molecule has 2 aromatic rings. The Morgan fingerprint density at radius 3 is 2.55 bits per heavy atom. The molecule has 1 heterocycles. The molecule has 0 unspecified atom stereocenters. The maximum absolute atomic E-state index is 12.6. The van der Waals surface area contributed by atoms with E-state index >= 15 is 0 Å². The minimum absolute atomic E-state index is 0.0236. The Hall–Kier alpha value is -2.48. The number of amides is 1. The topological polar surface area (TPSA) is 56.1 Å². The lowest BCUT2D eigenvalue weighted by atomic mass is 9.79. The lowest BCUT2D eigenvalue weighted by Gasteiger charge is -2.50. The van der Waals surface area contributed by atoms with Gasteiger partial charge in [-0.2, -0.15) is 5.26 Å². The molecular weight excluding hydrogens is 429 g/mol. The van der Waals surface area contributed by atoms with Crippen molar-refractivity contribution in [3.05, 3.63) is 63.1 Å². The largest absolute Gasteiger partial charge is 0.364 e. The van der Waals surface area contributed by atoms with Crippen molar-refractivity contribution in [2.75, 3.05) is 10.2 Å². The number of nitriles is 1. The summed E-state index contributed by atoms with van der Waals surface area (Å²) in [5, 5.41) is 13.0. The molecule has 3 rings (SSSR count). The number of carbonyl (C=O) groups is 1. The van der Waals surface area contributed by atoms with Gasteiger partial charge in [0.25, 0.3) is 5.91 Å². The highest BCUT2D eigenvalue weighted by Gasteiger charge is 2.37. The Labute approximate surface area is 194 Å². The summed E-state index contributed by atoms with van der Waals surface area (Å²) < 4.78 is 0. The number of rotatable bonds is 4. The van der Waals surface area contributed by atoms with Crippen LogP contribution in [0, 0.1) is 11.3 Å². The maximum atomic E-state index is 12.6. The second-order valence-electron chi connectivity index (χ2n) is 8.95. The van der Waals surface area contributed by atoms with Crippen LogP contribution in [0.2, 0.25) is 10.0 Å². The first-order chi connectivity index (χ1) is 14.5. The summed E-state index contributed by atoms with van der Waals surface area (Å²) in [6.07, 6.45) is 2.66. The summed E-state index contributed by atoms with van der Waals surface area (Å²) in [6.45, 7) is 11.2. The standard InChI is InChI=1S/C25H27Cl2N3O/c1-15(2)30-23-9-6-17(11-20(23)16(3)13-25(30,4)5)10-18(14-28)24(31)29-19-7-8-21(26)22(27)12-19/h6-12,15-16H,13H2,1-5H3,(H,29,31)/b18-10-/t16-/m1/s1. The SMILES string of the molecule is CC(C)N1c2ccc(/C=C(/C#N)C(=O)Nc3ccc(Cl)c(Cl)c3)cc2[C@H](C)CC1(C)C. The molecule has 1 N–H and O–H groups in total. The predicted molar refractivity (Wildman–Crippen MR) is 130 cm³/mol. The van der Waals surface area contributed by atoms with Gasteiger partial charge >= 0.3 is 0 Å². The van der Waals surface area contributed by atoms with E-state index in [0.29, 0.717) is 27.7 Å². The number of nitrogens with one attached hydrogen (secondary N) is 1. The number of hydrogen-bond donors (Lipinski definition) is 1. The van der Waals surface area contributed by atoms with Gasteiger partial charge in [0.2, 0.25) is 0 Å². The number of fused-ring (bicyclic) bond motifs is 1. The van der Waals surface area contributed by atoms with Gasteiger partial charge in [0.05, 0.1) is 10.0 Å². The second kappa shape index (κ2) is 8.94. The molecule has 4 nitrogen and oxygen atoms in total. The molecule has 0 radical (unpaired) electrons. The van der Waals surface area contributed by atoms with Gasteiger partial charge in [-0.05, 0) is 87.6 Å². The van der Waals surface area contributed by atoms with Crippen LogP contribution in [0.3, 0.4) is 0 Å². The van der Waals surface area contributed by atoms with Crippen LogP contribution in [-0.2, 0) is 4.79 Å². The molecule has 1 atom stereocenters. The van der Waals surface area contributed by atoms with Gasteiger partial charge in [0.1, 0.15) is 11.6 Å². The van der Waals surface area contributed by atoms with Crippen LogP contribution < -0.4 is 10.2 Å². The molecule has 0 aliphatic carbocycles. The first kappa shape index (κ1) is 23.2. The van der Waals surface area contributed by atoms with E-state index in [2.05, 4.69) is 57.0 Å². The molecule has 0 spiro atoms. The lowest BCUT2D eigenvalue weighted by molar-refractivity contribution is -0.112. The highest BCUT2D eigenvalue weighted by Crippen LogP contribution is 2.44. The summed E-state index contributed by atoms with van der Waals surface area (Å²) in [5.41, 5.74) is 3.86. The van der Waals surface area contributed by atoms with Crippen LogP contribution in [0.15, 0.2) is 42.0 Å². The number of halogens is 2. The summed E-state index contributed by atoms with van der Waals surface area (Å²) in [5.74, 6) is -0.111. The molecule has 6 heteroatoms. The van der Waals surface area contributed by atoms with Crippen LogP contribution in [-0.4, -0.2) is 17.5 Å². The van der Waals surface area contributed by atoms with Gasteiger partial charge in [-0.15, -0.1) is 0 Å². The fraction of sp³-hybridized carbons (Fsp3) is 0.360. The van der Waals surface area contributed by atoms with Crippen molar-refractivity contribution >= 4 is 46.6 Å². The zero-order valence-corrected chi connectivity index (χ0v) is 20.0. The minimum Gasteiger partial charge on any atom is -0.364 e. The summed E-state index contributed by atoms with van der Waals surface area (Å²) in [4.78, 5) is 15.1. The molecule has 1 amide bonds. The third-order valence-electron chi connectivity index (χ3n) is 5.67. The van der Waals surface area contributed by atoms with E-state index in [1.54, 1.807) is 24.3 Å². The third kappa shape index (κ3) is 4.89. The van der Waals surface area contributed by atoms with E-state index in [-0.39, 0.29) is 11.1 Å². The average molecular weight is 456 g/mol. The molecule has 31 heavy (non-hydrogen) atoms. The van der Waals surface area contributed by atoms with Crippen LogP contribution in [0.25, 0.3) is 6.08 Å². The van der Waals surface area contributed by atoms with Crippen molar-refractivity contribution in [2.24, 2.45) is 0 Å². The number of nitrogens with zero attached hydrogens (tertiary/aromatic N) is 2. The number of benzene rings is 2. The molecule has 0 fully saturated rings. The molecule has 1 aliphatic heterocycles. The molecule has 162 valence electrons. The predicted octanol–water partition coefficient (Wildman–Crippen LogP) is 7.04. The molecule has 0 aromatic heterocycles. The minimum atomic E-state index is -0.489. The molecule has 2 aromatic carbocycles. The molecule has 0 bridgehead atoms. The highest BCUT2D eigenvalue weighted by molar-refractivity contribution is 6.42. The number of hydrogen-bond acceptors (Lipinski definition) is 3. The van der Waals surface area contributed by atoms with E-state index in [4.69, 9.17) is 23.2 Å². The molecular formula is C25H27Cl2N3O. The lowest BCUT2D eigenvalue weighted by Crippen LogP contribution is -2.51. The molecule has 1 aliphatic rings. The smallest absolute Gasteiger partial charge is 0.266 e. The van der Waals surface area contributed by atoms with Gasteiger partial charge in [-0.25, -0.2) is 0 Å². The molecule has 0 saturated heterocycles. The zero-order valence-electron chi connectivity index (χ0n) is 18.5. The van der Waals surface area contributed by atoms with E-state index in [0.717, 1.165) is 12.0 Å². The first-order valence-electron chi connectivity index (χ1n) is 10.3. The Morgan fingerprint density at radius 2 is 1.94 bits per heavy atom. The van der Waals surface area contributed by atoms with Crippen molar-refractivity contribution < 1.29 is 4.79 Å². The van der Waals surface area contributed by atoms with Gasteiger partial charge in [-0.1, -0.05) is 36.2 Å². The Kier molecular flexibility index (Phi) is 6.69. The van der Waals surface area contributed by atoms with E-state index < -0.39 is 5.91 Å². The highest BCUT2D eigenvalue weighted by atomic mass is 35.5. The first-order valence-corrected chi connectivity index (χ1v) is 11.1.